The van der Waals surface area contributed by atoms with Crippen LogP contribution in [0.2, 0.25) is 0 Å². The van der Waals surface area contributed by atoms with Crippen LogP contribution in [0.1, 0.15) is 17.8 Å². The summed E-state index contributed by atoms with van der Waals surface area (Å²) in [5.41, 5.74) is 9.14. The average molecular weight is 309 g/mol. The highest BCUT2D eigenvalue weighted by Crippen LogP contribution is 2.17. The highest BCUT2D eigenvalue weighted by molar-refractivity contribution is 5.75. The van der Waals surface area contributed by atoms with Gasteiger partial charge in [-0.15, -0.1) is 0 Å². The second kappa shape index (κ2) is 7.29. The number of hydrogen-bond donors (Lipinski definition) is 1. The van der Waals surface area contributed by atoms with Crippen molar-refractivity contribution in [1.82, 2.24) is 9.55 Å². The van der Waals surface area contributed by atoms with E-state index in [0.717, 1.165) is 36.5 Å². The lowest BCUT2D eigenvalue weighted by Gasteiger charge is -2.10. The van der Waals surface area contributed by atoms with E-state index < -0.39 is 0 Å². The SMILES string of the molecule is Cc1cccc(OCCCn2c(CCN)nc3ccccc32)c1. The van der Waals surface area contributed by atoms with E-state index in [9.17, 15) is 0 Å². The van der Waals surface area contributed by atoms with Crippen molar-refractivity contribution >= 4 is 11.0 Å². The largest absolute Gasteiger partial charge is 0.494 e. The Balaban J connectivity index is 1.65. The summed E-state index contributed by atoms with van der Waals surface area (Å²) in [4.78, 5) is 4.69. The molecule has 0 aliphatic heterocycles. The van der Waals surface area contributed by atoms with Crippen LogP contribution in [-0.2, 0) is 13.0 Å². The number of imidazole rings is 1. The van der Waals surface area contributed by atoms with Crippen molar-refractivity contribution in [3.8, 4) is 5.75 Å². The summed E-state index contributed by atoms with van der Waals surface area (Å²) in [7, 11) is 0. The fourth-order valence-electron chi connectivity index (χ4n) is 2.81. The Morgan fingerprint density at radius 1 is 1.13 bits per heavy atom. The van der Waals surface area contributed by atoms with Gasteiger partial charge in [0.15, 0.2) is 0 Å². The van der Waals surface area contributed by atoms with Gasteiger partial charge in [0.1, 0.15) is 11.6 Å². The number of ether oxygens (including phenoxy) is 1. The predicted molar refractivity (Wildman–Crippen MR) is 93.8 cm³/mol. The number of aryl methyl sites for hydroxylation is 2. The molecule has 120 valence electrons. The van der Waals surface area contributed by atoms with Gasteiger partial charge in [-0.3, -0.25) is 0 Å². The predicted octanol–water partition coefficient (Wildman–Crippen LogP) is 3.32. The van der Waals surface area contributed by atoms with Crippen molar-refractivity contribution in [3.05, 3.63) is 59.9 Å². The number of benzene rings is 2. The molecule has 0 spiro atoms. The Labute approximate surface area is 136 Å². The topological polar surface area (TPSA) is 53.1 Å². The minimum absolute atomic E-state index is 0.614. The zero-order valence-electron chi connectivity index (χ0n) is 13.5. The highest BCUT2D eigenvalue weighted by atomic mass is 16.5. The minimum atomic E-state index is 0.614. The Hall–Kier alpha value is -2.33. The highest BCUT2D eigenvalue weighted by Gasteiger charge is 2.09. The smallest absolute Gasteiger partial charge is 0.119 e. The summed E-state index contributed by atoms with van der Waals surface area (Å²) in [5.74, 6) is 1.99. The lowest BCUT2D eigenvalue weighted by atomic mass is 10.2. The van der Waals surface area contributed by atoms with Crippen LogP contribution in [0.25, 0.3) is 11.0 Å². The number of fused-ring (bicyclic) bond motifs is 1. The Morgan fingerprint density at radius 2 is 2.00 bits per heavy atom. The quantitative estimate of drug-likeness (QED) is 0.681. The summed E-state index contributed by atoms with van der Waals surface area (Å²) < 4.78 is 8.10. The molecule has 0 saturated heterocycles. The van der Waals surface area contributed by atoms with E-state index >= 15 is 0 Å². The molecule has 3 rings (SSSR count). The van der Waals surface area contributed by atoms with Crippen LogP contribution in [0.4, 0.5) is 0 Å². The third-order valence-electron chi connectivity index (χ3n) is 3.89. The van der Waals surface area contributed by atoms with Gasteiger partial charge < -0.3 is 15.0 Å². The third kappa shape index (κ3) is 3.71. The minimum Gasteiger partial charge on any atom is -0.494 e. The van der Waals surface area contributed by atoms with Crippen molar-refractivity contribution in [1.29, 1.82) is 0 Å². The van der Waals surface area contributed by atoms with Gasteiger partial charge in [-0.25, -0.2) is 4.98 Å². The van der Waals surface area contributed by atoms with Gasteiger partial charge >= 0.3 is 0 Å². The van der Waals surface area contributed by atoms with Crippen LogP contribution >= 0.6 is 0 Å². The van der Waals surface area contributed by atoms with Crippen LogP contribution in [0.3, 0.4) is 0 Å². The molecule has 0 radical (unpaired) electrons. The molecular formula is C19H23N3O. The van der Waals surface area contributed by atoms with E-state index in [1.807, 2.05) is 18.2 Å². The standard InChI is InChI=1S/C19H23N3O/c1-15-6-4-7-16(14-15)23-13-5-12-22-18-9-3-2-8-17(18)21-19(22)10-11-20/h2-4,6-9,14H,5,10-13,20H2,1H3. The third-order valence-corrected chi connectivity index (χ3v) is 3.89. The molecule has 0 fully saturated rings. The summed E-state index contributed by atoms with van der Waals surface area (Å²) >= 11 is 0. The number of rotatable bonds is 7. The van der Waals surface area contributed by atoms with Gasteiger partial charge in [0.2, 0.25) is 0 Å². The molecule has 2 N–H and O–H groups in total. The molecule has 3 aromatic rings. The molecule has 1 heterocycles. The fourth-order valence-corrected chi connectivity index (χ4v) is 2.81. The normalized spacial score (nSPS) is 11.0. The van der Waals surface area contributed by atoms with Gasteiger partial charge in [-0.05, 0) is 49.7 Å². The van der Waals surface area contributed by atoms with Gasteiger partial charge in [0.05, 0.1) is 17.6 Å². The number of hydrogen-bond acceptors (Lipinski definition) is 3. The maximum Gasteiger partial charge on any atom is 0.119 e. The van der Waals surface area contributed by atoms with Crippen LogP contribution in [0.15, 0.2) is 48.5 Å². The van der Waals surface area contributed by atoms with Crippen molar-refractivity contribution in [2.24, 2.45) is 5.73 Å². The molecule has 1 aromatic heterocycles. The zero-order valence-corrected chi connectivity index (χ0v) is 13.5. The van der Waals surface area contributed by atoms with E-state index in [1.54, 1.807) is 0 Å². The molecule has 0 aliphatic rings. The monoisotopic (exact) mass is 309 g/mol. The Kier molecular flexibility index (Phi) is 4.93. The molecule has 23 heavy (non-hydrogen) atoms. The zero-order chi connectivity index (χ0) is 16.1. The molecular weight excluding hydrogens is 286 g/mol. The molecule has 0 bridgehead atoms. The number of aromatic nitrogens is 2. The van der Waals surface area contributed by atoms with E-state index in [0.29, 0.717) is 13.2 Å². The first-order chi connectivity index (χ1) is 11.3. The molecule has 0 amide bonds. The van der Waals surface area contributed by atoms with E-state index in [-0.39, 0.29) is 0 Å². The summed E-state index contributed by atoms with van der Waals surface area (Å²) in [5, 5.41) is 0. The fraction of sp³-hybridized carbons (Fsp3) is 0.316. The van der Waals surface area contributed by atoms with E-state index in [2.05, 4.69) is 41.8 Å². The first-order valence-electron chi connectivity index (χ1n) is 8.11. The first-order valence-corrected chi connectivity index (χ1v) is 8.11. The number of nitrogens with zero attached hydrogens (tertiary/aromatic N) is 2. The van der Waals surface area contributed by atoms with Crippen molar-refractivity contribution < 1.29 is 4.74 Å². The second-order valence-corrected chi connectivity index (χ2v) is 5.73. The van der Waals surface area contributed by atoms with Crippen LogP contribution < -0.4 is 10.5 Å². The maximum absolute atomic E-state index is 5.84. The number of para-hydroxylation sites is 2. The van der Waals surface area contributed by atoms with Gasteiger partial charge in [-0.1, -0.05) is 24.3 Å². The molecule has 0 saturated carbocycles. The van der Waals surface area contributed by atoms with Crippen LogP contribution in [-0.4, -0.2) is 22.7 Å². The maximum atomic E-state index is 5.84. The Bertz CT molecular complexity index is 779. The molecule has 4 nitrogen and oxygen atoms in total. The lowest BCUT2D eigenvalue weighted by molar-refractivity contribution is 0.301. The first kappa shape index (κ1) is 15.6. The summed E-state index contributed by atoms with van der Waals surface area (Å²) in [6, 6.07) is 16.4. The summed E-state index contributed by atoms with van der Waals surface area (Å²) in [6.45, 7) is 4.27. The molecule has 4 heteroatoms. The van der Waals surface area contributed by atoms with E-state index in [1.165, 1.54) is 11.1 Å². The van der Waals surface area contributed by atoms with Crippen molar-refractivity contribution in [3.63, 3.8) is 0 Å². The van der Waals surface area contributed by atoms with Crippen LogP contribution in [0, 0.1) is 6.92 Å². The average Bonchev–Trinajstić information content (AvgIpc) is 2.90. The van der Waals surface area contributed by atoms with E-state index in [4.69, 9.17) is 15.5 Å². The molecule has 2 aromatic carbocycles. The van der Waals surface area contributed by atoms with Gasteiger partial charge in [0.25, 0.3) is 0 Å². The van der Waals surface area contributed by atoms with Crippen molar-refractivity contribution in [2.75, 3.05) is 13.2 Å². The summed E-state index contributed by atoms with van der Waals surface area (Å²) in [6.07, 6.45) is 1.74. The molecule has 0 aliphatic carbocycles. The van der Waals surface area contributed by atoms with Crippen LogP contribution in [0.5, 0.6) is 5.75 Å². The molecule has 0 unspecified atom stereocenters. The second-order valence-electron chi connectivity index (χ2n) is 5.73. The van der Waals surface area contributed by atoms with Crippen molar-refractivity contribution in [2.45, 2.75) is 26.3 Å². The number of nitrogens with two attached hydrogens (primary N) is 1. The van der Waals surface area contributed by atoms with Gasteiger partial charge in [0, 0.05) is 13.0 Å². The lowest BCUT2D eigenvalue weighted by Crippen LogP contribution is -2.12. The van der Waals surface area contributed by atoms with Gasteiger partial charge in [-0.2, -0.15) is 0 Å². The molecule has 0 atom stereocenters. The Morgan fingerprint density at radius 3 is 2.83 bits per heavy atom.